The van der Waals surface area contributed by atoms with Crippen LogP contribution in [0, 0.1) is 0 Å². The van der Waals surface area contributed by atoms with Crippen molar-refractivity contribution in [2.45, 2.75) is 26.3 Å². The minimum absolute atomic E-state index is 0.683. The molecule has 0 aromatic heterocycles. The molecule has 4 nitrogen and oxygen atoms in total. The number of hydrogen-bond acceptors (Lipinski definition) is 4. The molecule has 0 aliphatic carbocycles. The van der Waals surface area contributed by atoms with Crippen molar-refractivity contribution in [1.82, 2.24) is 4.90 Å². The Labute approximate surface area is 116 Å². The molecule has 0 amide bonds. The third kappa shape index (κ3) is 3.13. The standard InChI is InChI=1S/C15H25N3O/c1-4-12(2)17-7-9-18(10-8-17)13-5-6-14(16)15(11-13)19-3/h5-6,11-12H,4,7-10,16H2,1-3H3. The van der Waals surface area contributed by atoms with Gasteiger partial charge in [0.15, 0.2) is 0 Å². The summed E-state index contributed by atoms with van der Waals surface area (Å²) in [7, 11) is 1.66. The van der Waals surface area contributed by atoms with Crippen LogP contribution in [-0.2, 0) is 0 Å². The summed E-state index contributed by atoms with van der Waals surface area (Å²) in [6.07, 6.45) is 1.22. The zero-order chi connectivity index (χ0) is 13.8. The first-order chi connectivity index (χ1) is 9.15. The summed E-state index contributed by atoms with van der Waals surface area (Å²) in [5, 5.41) is 0. The lowest BCUT2D eigenvalue weighted by molar-refractivity contribution is 0.193. The van der Waals surface area contributed by atoms with Crippen LogP contribution in [0.5, 0.6) is 5.75 Å². The summed E-state index contributed by atoms with van der Waals surface area (Å²) in [5.41, 5.74) is 7.76. The number of nitrogens with zero attached hydrogens (tertiary/aromatic N) is 2. The lowest BCUT2D eigenvalue weighted by atomic mass is 10.1. The minimum atomic E-state index is 0.683. The van der Waals surface area contributed by atoms with Crippen molar-refractivity contribution in [3.63, 3.8) is 0 Å². The first-order valence-electron chi connectivity index (χ1n) is 7.08. The molecule has 0 bridgehead atoms. The summed E-state index contributed by atoms with van der Waals surface area (Å²) in [5.74, 6) is 0.766. The summed E-state index contributed by atoms with van der Waals surface area (Å²) in [6, 6.07) is 6.73. The zero-order valence-corrected chi connectivity index (χ0v) is 12.2. The maximum absolute atomic E-state index is 5.86. The molecular formula is C15H25N3O. The summed E-state index contributed by atoms with van der Waals surface area (Å²) < 4.78 is 5.29. The maximum atomic E-state index is 5.86. The van der Waals surface area contributed by atoms with E-state index in [-0.39, 0.29) is 0 Å². The van der Waals surface area contributed by atoms with Crippen molar-refractivity contribution >= 4 is 11.4 Å². The highest BCUT2D eigenvalue weighted by Crippen LogP contribution is 2.28. The predicted octanol–water partition coefficient (Wildman–Crippen LogP) is 2.20. The molecule has 1 fully saturated rings. The zero-order valence-electron chi connectivity index (χ0n) is 12.2. The number of ether oxygens (including phenoxy) is 1. The van der Waals surface area contributed by atoms with Gasteiger partial charge in [0.1, 0.15) is 5.75 Å². The van der Waals surface area contributed by atoms with Gasteiger partial charge in [-0.25, -0.2) is 0 Å². The quantitative estimate of drug-likeness (QED) is 0.846. The second kappa shape index (κ2) is 6.15. The lowest BCUT2D eigenvalue weighted by Gasteiger charge is -2.39. The molecule has 1 aromatic rings. The van der Waals surface area contributed by atoms with Crippen molar-refractivity contribution in [3.8, 4) is 5.75 Å². The highest BCUT2D eigenvalue weighted by atomic mass is 16.5. The van der Waals surface area contributed by atoms with E-state index in [9.17, 15) is 0 Å². The van der Waals surface area contributed by atoms with Crippen LogP contribution in [0.15, 0.2) is 18.2 Å². The smallest absolute Gasteiger partial charge is 0.143 e. The number of methoxy groups -OCH3 is 1. The topological polar surface area (TPSA) is 41.7 Å². The van der Waals surface area contributed by atoms with Crippen LogP contribution in [-0.4, -0.2) is 44.2 Å². The van der Waals surface area contributed by atoms with Crippen LogP contribution in [0.4, 0.5) is 11.4 Å². The molecule has 1 saturated heterocycles. The molecule has 1 aromatic carbocycles. The van der Waals surface area contributed by atoms with Crippen molar-refractivity contribution < 1.29 is 4.74 Å². The van der Waals surface area contributed by atoms with E-state index in [4.69, 9.17) is 10.5 Å². The number of piperazine rings is 1. The summed E-state index contributed by atoms with van der Waals surface area (Å²) >= 11 is 0. The van der Waals surface area contributed by atoms with Gasteiger partial charge >= 0.3 is 0 Å². The third-order valence-corrected chi connectivity index (χ3v) is 4.11. The maximum Gasteiger partial charge on any atom is 0.143 e. The average molecular weight is 263 g/mol. The van der Waals surface area contributed by atoms with Crippen molar-refractivity contribution in [3.05, 3.63) is 18.2 Å². The third-order valence-electron chi connectivity index (χ3n) is 4.11. The Kier molecular flexibility index (Phi) is 4.53. The molecule has 0 spiro atoms. The largest absolute Gasteiger partial charge is 0.495 e. The molecule has 0 saturated carbocycles. The van der Waals surface area contributed by atoms with E-state index in [1.165, 1.54) is 12.1 Å². The Morgan fingerprint density at radius 1 is 1.26 bits per heavy atom. The molecule has 2 rings (SSSR count). The highest BCUT2D eigenvalue weighted by molar-refractivity contribution is 5.62. The van der Waals surface area contributed by atoms with Gasteiger partial charge in [-0.2, -0.15) is 0 Å². The van der Waals surface area contributed by atoms with Crippen molar-refractivity contribution in [2.24, 2.45) is 0 Å². The van der Waals surface area contributed by atoms with Crippen LogP contribution >= 0.6 is 0 Å². The lowest BCUT2D eigenvalue weighted by Crippen LogP contribution is -2.49. The predicted molar refractivity (Wildman–Crippen MR) is 80.9 cm³/mol. The van der Waals surface area contributed by atoms with Crippen LogP contribution in [0.1, 0.15) is 20.3 Å². The molecule has 19 heavy (non-hydrogen) atoms. The molecular weight excluding hydrogens is 238 g/mol. The van der Waals surface area contributed by atoms with Crippen LogP contribution < -0.4 is 15.4 Å². The van der Waals surface area contributed by atoms with E-state index in [1.807, 2.05) is 12.1 Å². The average Bonchev–Trinajstić information content (AvgIpc) is 2.47. The normalized spacial score (nSPS) is 18.4. The minimum Gasteiger partial charge on any atom is -0.495 e. The molecule has 0 radical (unpaired) electrons. The summed E-state index contributed by atoms with van der Waals surface area (Å²) in [4.78, 5) is 4.96. The highest BCUT2D eigenvalue weighted by Gasteiger charge is 2.20. The van der Waals surface area contributed by atoms with E-state index in [1.54, 1.807) is 7.11 Å². The Hall–Kier alpha value is -1.42. The van der Waals surface area contributed by atoms with Gasteiger partial charge in [-0.05, 0) is 25.5 Å². The fourth-order valence-corrected chi connectivity index (χ4v) is 2.58. The Bertz CT molecular complexity index is 414. The summed E-state index contributed by atoms with van der Waals surface area (Å²) in [6.45, 7) is 8.95. The van der Waals surface area contributed by atoms with E-state index >= 15 is 0 Å². The van der Waals surface area contributed by atoms with Gasteiger partial charge in [-0.3, -0.25) is 4.90 Å². The Balaban J connectivity index is 2.01. The van der Waals surface area contributed by atoms with Gasteiger partial charge in [-0.1, -0.05) is 6.92 Å². The van der Waals surface area contributed by atoms with Gasteiger partial charge in [0.05, 0.1) is 12.8 Å². The Morgan fingerprint density at radius 3 is 2.53 bits per heavy atom. The van der Waals surface area contributed by atoms with E-state index in [0.717, 1.165) is 31.9 Å². The molecule has 1 atom stereocenters. The second-order valence-electron chi connectivity index (χ2n) is 5.21. The van der Waals surface area contributed by atoms with Gasteiger partial charge in [-0.15, -0.1) is 0 Å². The molecule has 1 aliphatic heterocycles. The van der Waals surface area contributed by atoms with E-state index < -0.39 is 0 Å². The van der Waals surface area contributed by atoms with Crippen LogP contribution in [0.3, 0.4) is 0 Å². The molecule has 106 valence electrons. The SMILES string of the molecule is CCC(C)N1CCN(c2ccc(N)c(OC)c2)CC1. The van der Waals surface area contributed by atoms with Gasteiger partial charge in [0, 0.05) is 44.0 Å². The fraction of sp³-hybridized carbons (Fsp3) is 0.600. The number of rotatable bonds is 4. The molecule has 2 N–H and O–H groups in total. The first-order valence-corrected chi connectivity index (χ1v) is 7.08. The molecule has 1 unspecified atom stereocenters. The molecule has 1 aliphatic rings. The monoisotopic (exact) mass is 263 g/mol. The Morgan fingerprint density at radius 2 is 1.95 bits per heavy atom. The second-order valence-corrected chi connectivity index (χ2v) is 5.21. The van der Waals surface area contributed by atoms with Crippen LogP contribution in [0.25, 0.3) is 0 Å². The number of nitrogens with two attached hydrogens (primary N) is 1. The first kappa shape index (κ1) is 14.0. The fourth-order valence-electron chi connectivity index (χ4n) is 2.58. The molecule has 4 heteroatoms. The molecule has 1 heterocycles. The van der Waals surface area contributed by atoms with Crippen molar-refractivity contribution in [2.75, 3.05) is 43.9 Å². The number of hydrogen-bond donors (Lipinski definition) is 1. The van der Waals surface area contributed by atoms with Crippen molar-refractivity contribution in [1.29, 1.82) is 0 Å². The number of anilines is 2. The number of benzene rings is 1. The van der Waals surface area contributed by atoms with E-state index in [0.29, 0.717) is 11.7 Å². The van der Waals surface area contributed by atoms with Gasteiger partial charge < -0.3 is 15.4 Å². The van der Waals surface area contributed by atoms with Crippen LogP contribution in [0.2, 0.25) is 0 Å². The number of nitrogen functional groups attached to an aromatic ring is 1. The van der Waals surface area contributed by atoms with Gasteiger partial charge in [0.2, 0.25) is 0 Å². The van der Waals surface area contributed by atoms with E-state index in [2.05, 4.69) is 29.7 Å². The van der Waals surface area contributed by atoms with Gasteiger partial charge in [0.25, 0.3) is 0 Å².